The molecule has 8 heteroatoms. The summed E-state index contributed by atoms with van der Waals surface area (Å²) in [6.07, 6.45) is 7.46. The second-order valence-electron chi connectivity index (χ2n) is 11.4. The van der Waals surface area contributed by atoms with Crippen LogP contribution in [0.3, 0.4) is 0 Å². The molecule has 5 aromatic rings. The molecule has 5 rings (SSSR count). The van der Waals surface area contributed by atoms with Gasteiger partial charge in [0.1, 0.15) is 30.3 Å². The molecule has 0 aromatic heterocycles. The summed E-state index contributed by atoms with van der Waals surface area (Å²) in [6.45, 7) is 0.448. The number of aromatic carboxylic acids is 1. The van der Waals surface area contributed by atoms with Gasteiger partial charge in [0.25, 0.3) is 0 Å². The first kappa shape index (κ1) is 37.0. The molecule has 0 saturated heterocycles. The average molecular weight is 702 g/mol. The summed E-state index contributed by atoms with van der Waals surface area (Å²) < 4.78 is 11.5. The van der Waals surface area contributed by atoms with Gasteiger partial charge in [-0.25, -0.2) is 4.79 Å². The Morgan fingerprint density at radius 1 is 0.642 bits per heavy atom. The Morgan fingerprint density at radius 3 is 1.89 bits per heavy atom. The number of carboxylic acids is 2. The van der Waals surface area contributed by atoms with E-state index in [1.807, 2.05) is 60.7 Å². The molecule has 0 radical (unpaired) electrons. The van der Waals surface area contributed by atoms with Crippen LogP contribution in [0.25, 0.3) is 0 Å². The summed E-state index contributed by atoms with van der Waals surface area (Å²) in [4.78, 5) is 36.2. The van der Waals surface area contributed by atoms with E-state index in [4.69, 9.17) is 14.6 Å². The second-order valence-corrected chi connectivity index (χ2v) is 11.4. The van der Waals surface area contributed by atoms with E-state index in [1.54, 1.807) is 85.0 Å². The van der Waals surface area contributed by atoms with E-state index >= 15 is 0 Å². The molecule has 53 heavy (non-hydrogen) atoms. The average Bonchev–Trinajstić information content (AvgIpc) is 3.18. The van der Waals surface area contributed by atoms with E-state index in [2.05, 4.69) is 29.0 Å². The van der Waals surface area contributed by atoms with Crippen LogP contribution >= 0.6 is 0 Å². The lowest BCUT2D eigenvalue weighted by Gasteiger charge is -2.16. The third-order valence-corrected chi connectivity index (χ3v) is 7.67. The lowest BCUT2D eigenvalue weighted by molar-refractivity contribution is -0.136. The minimum absolute atomic E-state index is 0.0564. The summed E-state index contributed by atoms with van der Waals surface area (Å²) in [5.74, 6) is 10.7. The minimum Gasteiger partial charge on any atom is -0.490 e. The summed E-state index contributed by atoms with van der Waals surface area (Å²) in [5, 5.41) is 22.0. The van der Waals surface area contributed by atoms with Crippen LogP contribution in [0.4, 0.5) is 11.4 Å². The smallest absolute Gasteiger partial charge is 0.341 e. The molecular weight excluding hydrogens is 666 g/mol. The maximum Gasteiger partial charge on any atom is 0.341 e. The molecule has 0 fully saturated rings. The predicted octanol–water partition coefficient (Wildman–Crippen LogP) is 8.35. The Kier molecular flexibility index (Phi) is 13.4. The number of anilines is 2. The lowest BCUT2D eigenvalue weighted by Crippen LogP contribution is -2.09. The normalized spacial score (nSPS) is 10.5. The van der Waals surface area contributed by atoms with Crippen LogP contribution in [0.2, 0.25) is 0 Å². The van der Waals surface area contributed by atoms with Gasteiger partial charge in [0.15, 0.2) is 5.78 Å². The number of carboxylic acid groups (broad SMARTS) is 2. The standard InChI is InChI=1S/C45H35NO7/c47-42(48)30-27-35-25-28-37(29-26-35)52-31-10-2-4-13-33-21-23-34(24-22-33)14-5-3-11-32-53-41-20-12-19-40(43(41)45(50)51)46-39-18-9-8-17-38(39)44(49)36-15-6-1-7-16-36/h1-3,6-12,15-26,28-29,46H,27,30-32H2,(H,47,48)(H,50,51)/b10-2+,11-3+. The number of carbonyl (C=O) groups is 3. The number of nitrogens with one attached hydrogen (secondary N) is 1. The van der Waals surface area contributed by atoms with Gasteiger partial charge in [-0.05, 0) is 97.0 Å². The number of benzene rings is 5. The van der Waals surface area contributed by atoms with Crippen LogP contribution in [-0.2, 0) is 11.2 Å². The Labute approximate surface area is 308 Å². The molecule has 0 unspecified atom stereocenters. The van der Waals surface area contributed by atoms with Gasteiger partial charge in [-0.2, -0.15) is 0 Å². The molecule has 0 aliphatic carbocycles. The van der Waals surface area contributed by atoms with Crippen LogP contribution < -0.4 is 14.8 Å². The van der Waals surface area contributed by atoms with Crippen molar-refractivity contribution in [3.05, 3.63) is 179 Å². The Balaban J connectivity index is 1.11. The first-order valence-electron chi connectivity index (χ1n) is 16.7. The van der Waals surface area contributed by atoms with Crippen molar-refractivity contribution in [1.29, 1.82) is 0 Å². The Bertz CT molecular complexity index is 2230. The second kappa shape index (κ2) is 19.2. The number of hydrogen-bond acceptors (Lipinski definition) is 6. The number of rotatable bonds is 14. The monoisotopic (exact) mass is 701 g/mol. The van der Waals surface area contributed by atoms with E-state index in [1.165, 1.54) is 0 Å². The van der Waals surface area contributed by atoms with Gasteiger partial charge in [0.05, 0.1) is 5.69 Å². The Morgan fingerprint density at radius 2 is 1.25 bits per heavy atom. The van der Waals surface area contributed by atoms with Crippen molar-refractivity contribution in [2.24, 2.45) is 0 Å². The number of aliphatic carboxylic acids is 1. The molecule has 0 atom stereocenters. The first-order valence-corrected chi connectivity index (χ1v) is 16.7. The van der Waals surface area contributed by atoms with Gasteiger partial charge in [-0.3, -0.25) is 9.59 Å². The van der Waals surface area contributed by atoms with E-state index in [-0.39, 0.29) is 30.1 Å². The molecule has 262 valence electrons. The van der Waals surface area contributed by atoms with Crippen LogP contribution in [0.5, 0.6) is 11.5 Å². The van der Waals surface area contributed by atoms with Crippen molar-refractivity contribution in [1.82, 2.24) is 0 Å². The number of carbonyl (C=O) groups excluding carboxylic acids is 1. The molecular formula is C45H35NO7. The maximum absolute atomic E-state index is 13.2. The maximum atomic E-state index is 13.2. The van der Waals surface area contributed by atoms with Crippen molar-refractivity contribution < 1.29 is 34.1 Å². The zero-order chi connectivity index (χ0) is 37.3. The van der Waals surface area contributed by atoms with E-state index < -0.39 is 11.9 Å². The molecule has 0 spiro atoms. The highest BCUT2D eigenvalue weighted by Crippen LogP contribution is 2.31. The number of ether oxygens (including phenoxy) is 2. The van der Waals surface area contributed by atoms with Gasteiger partial charge in [-0.1, -0.05) is 84.3 Å². The van der Waals surface area contributed by atoms with Crippen molar-refractivity contribution >= 4 is 29.1 Å². The molecule has 8 nitrogen and oxygen atoms in total. The van der Waals surface area contributed by atoms with Crippen LogP contribution in [0.15, 0.2) is 146 Å². The zero-order valence-corrected chi connectivity index (χ0v) is 28.6. The highest BCUT2D eigenvalue weighted by Gasteiger charge is 2.19. The van der Waals surface area contributed by atoms with E-state index in [0.717, 1.165) is 16.7 Å². The van der Waals surface area contributed by atoms with Gasteiger partial charge in [0, 0.05) is 34.4 Å². The van der Waals surface area contributed by atoms with Crippen LogP contribution in [0, 0.1) is 23.7 Å². The van der Waals surface area contributed by atoms with Crippen molar-refractivity contribution in [3.8, 4) is 35.2 Å². The number of para-hydroxylation sites is 1. The highest BCUT2D eigenvalue weighted by molar-refractivity contribution is 6.13. The first-order chi connectivity index (χ1) is 25.9. The minimum atomic E-state index is -1.17. The number of allylic oxidation sites excluding steroid dienone is 2. The van der Waals surface area contributed by atoms with Crippen molar-refractivity contribution in [2.75, 3.05) is 18.5 Å². The van der Waals surface area contributed by atoms with Gasteiger partial charge in [-0.15, -0.1) is 0 Å². The molecule has 0 amide bonds. The molecule has 0 aliphatic rings. The van der Waals surface area contributed by atoms with Gasteiger partial charge >= 0.3 is 11.9 Å². The molecule has 3 N–H and O–H groups in total. The summed E-state index contributed by atoms with van der Waals surface area (Å²) >= 11 is 0. The third-order valence-electron chi connectivity index (χ3n) is 7.67. The number of ketones is 1. The summed E-state index contributed by atoms with van der Waals surface area (Å²) in [7, 11) is 0. The van der Waals surface area contributed by atoms with Crippen LogP contribution in [0.1, 0.15) is 49.4 Å². The van der Waals surface area contributed by atoms with Gasteiger partial charge < -0.3 is 25.0 Å². The fourth-order valence-corrected chi connectivity index (χ4v) is 5.04. The highest BCUT2D eigenvalue weighted by atomic mass is 16.5. The predicted molar refractivity (Wildman–Crippen MR) is 205 cm³/mol. The number of aryl methyl sites for hydroxylation is 1. The summed E-state index contributed by atoms with van der Waals surface area (Å²) in [6, 6.07) is 35.6. The molecule has 5 aromatic carbocycles. The molecule has 0 heterocycles. The largest absolute Gasteiger partial charge is 0.490 e. The number of hydrogen-bond donors (Lipinski definition) is 3. The van der Waals surface area contributed by atoms with Crippen molar-refractivity contribution in [3.63, 3.8) is 0 Å². The summed E-state index contributed by atoms with van der Waals surface area (Å²) in [5.41, 5.74) is 4.24. The van der Waals surface area contributed by atoms with E-state index in [9.17, 15) is 19.5 Å². The fourth-order valence-electron chi connectivity index (χ4n) is 5.04. The fraction of sp³-hybridized carbons (Fsp3) is 0.0889. The van der Waals surface area contributed by atoms with Crippen LogP contribution in [-0.4, -0.2) is 41.1 Å². The quantitative estimate of drug-likeness (QED) is 0.0781. The topological polar surface area (TPSA) is 122 Å². The molecule has 0 aliphatic heterocycles. The SMILES string of the molecule is O=C(O)CCc1ccc(OC/C=C/C#Cc2ccc(C#C/C=C/COc3cccc(Nc4ccccc4C(=O)c4ccccc4)c3C(=O)O)cc2)cc1. The molecule has 0 saturated carbocycles. The molecule has 0 bridgehead atoms. The van der Waals surface area contributed by atoms with Crippen molar-refractivity contribution in [2.45, 2.75) is 12.8 Å². The Hall–Kier alpha value is -7.29. The zero-order valence-electron chi connectivity index (χ0n) is 28.6. The lowest BCUT2D eigenvalue weighted by atomic mass is 10.0. The third kappa shape index (κ3) is 11.4. The van der Waals surface area contributed by atoms with E-state index in [0.29, 0.717) is 41.3 Å². The van der Waals surface area contributed by atoms with Gasteiger partial charge in [0.2, 0.25) is 0 Å².